The molecule has 0 spiro atoms. The molecule has 4 aliphatic rings. The second-order valence-corrected chi connectivity index (χ2v) is 18.6. The fraction of sp³-hybridized carbons (Fsp3) is 0.429. The first-order valence-corrected chi connectivity index (χ1v) is 22.3. The number of rotatable bonds is 15. The number of hydrogen-bond acceptors (Lipinski definition) is 10. The zero-order chi connectivity index (χ0) is 42.6. The van der Waals surface area contributed by atoms with Gasteiger partial charge in [-0.1, -0.05) is 39.0 Å². The van der Waals surface area contributed by atoms with Crippen molar-refractivity contribution < 1.29 is 49.6 Å². The molecular formula is C42H52N3O11S2+. The van der Waals surface area contributed by atoms with E-state index in [1.807, 2.05) is 30.0 Å². The molecule has 5 rings (SSSR count). The molecule has 0 saturated carbocycles. The van der Waals surface area contributed by atoms with E-state index in [1.165, 1.54) is 18.2 Å². The summed E-state index contributed by atoms with van der Waals surface area (Å²) >= 11 is 0. The van der Waals surface area contributed by atoms with Crippen LogP contribution in [0.2, 0.25) is 0 Å². The van der Waals surface area contributed by atoms with Crippen LogP contribution < -0.4 is 14.8 Å². The second-order valence-electron chi connectivity index (χ2n) is 15.6. The van der Waals surface area contributed by atoms with Crippen LogP contribution in [0.1, 0.15) is 97.0 Å². The molecule has 0 aromatic heterocycles. The molecule has 2 N–H and O–H groups in total. The standard InChI is InChI=1S/C42H51N3O11S2/c1-7-43(8-2)29-17-19-32-33(41(3,4)5)27-30(55-36(32)26-29)14-10-9-11-15-37-42(6,23-12-16-40(48)56-45-38(46)21-22-39(45)47)34-28-31(58(52,53)54)18-20-35(34)44(37)24-13-25-57(49,50)51/h9-11,14-15,17-20,26-28H,7-8,12-13,16,21-25H2,1-6H3,(H-,49,50,51,52,53,54)/p+1. The highest BCUT2D eigenvalue weighted by atomic mass is 32.2. The minimum atomic E-state index is -4.62. The van der Waals surface area contributed by atoms with Crippen molar-refractivity contribution in [3.8, 4) is 11.3 Å². The van der Waals surface area contributed by atoms with E-state index in [1.54, 1.807) is 18.2 Å². The predicted molar refractivity (Wildman–Crippen MR) is 220 cm³/mol. The third-order valence-corrected chi connectivity index (χ3v) is 12.1. The molecule has 312 valence electrons. The molecule has 1 unspecified atom stereocenters. The number of allylic oxidation sites excluding steroid dienone is 5. The average molecular weight is 839 g/mol. The SMILES string of the molecule is CC[N+](CC)=c1ccc2c(C(C)(C)C)cc(/C=C/C=C/C=C3/N(CCCS(=O)(=O)O)c4ccc(S(=O)(=O)O)cc4C3(C)CCCC(=O)ON3C(=O)CCC3=O)oc-2c1. The first-order chi connectivity index (χ1) is 27.2. The number of benzene rings is 2. The predicted octanol–water partition coefficient (Wildman–Crippen LogP) is 6.03. The normalized spacial score (nSPS) is 18.4. The largest absolute Gasteiger partial charge is 0.456 e. The maximum Gasteiger partial charge on any atom is 0.333 e. The molecule has 1 saturated heterocycles. The summed E-state index contributed by atoms with van der Waals surface area (Å²) in [5.41, 5.74) is 2.64. The van der Waals surface area contributed by atoms with Gasteiger partial charge in [0.2, 0.25) is 5.36 Å². The Kier molecular flexibility index (Phi) is 13.4. The van der Waals surface area contributed by atoms with E-state index in [4.69, 9.17) is 9.25 Å². The molecule has 3 heterocycles. The van der Waals surface area contributed by atoms with E-state index in [0.29, 0.717) is 27.8 Å². The Labute approximate surface area is 340 Å². The lowest BCUT2D eigenvalue weighted by Crippen LogP contribution is -2.32. The number of fused-ring (bicyclic) bond motifs is 2. The van der Waals surface area contributed by atoms with Crippen LogP contribution in [0.25, 0.3) is 17.4 Å². The molecular weight excluding hydrogens is 787 g/mol. The monoisotopic (exact) mass is 838 g/mol. The maximum atomic E-state index is 12.7. The molecule has 0 bridgehead atoms. The van der Waals surface area contributed by atoms with Crippen molar-refractivity contribution in [1.82, 2.24) is 9.64 Å². The van der Waals surface area contributed by atoms with Gasteiger partial charge in [0, 0.05) is 54.2 Å². The average Bonchev–Trinajstić information content (AvgIpc) is 3.57. The van der Waals surface area contributed by atoms with Gasteiger partial charge in [-0.15, -0.1) is 5.06 Å². The Bertz CT molecular complexity index is 2420. The van der Waals surface area contributed by atoms with Gasteiger partial charge in [-0.25, -0.2) is 9.37 Å². The Morgan fingerprint density at radius 1 is 0.948 bits per heavy atom. The number of carbonyl (C=O) groups excluding carboxylic acids is 3. The highest BCUT2D eigenvalue weighted by Gasteiger charge is 2.44. The third-order valence-electron chi connectivity index (χ3n) is 10.5. The van der Waals surface area contributed by atoms with Crippen LogP contribution >= 0.6 is 0 Å². The molecule has 2 amide bonds. The summed E-state index contributed by atoms with van der Waals surface area (Å²) in [4.78, 5) is 43.3. The van der Waals surface area contributed by atoms with Gasteiger partial charge in [-0.05, 0) is 99.1 Å². The lowest BCUT2D eigenvalue weighted by Gasteiger charge is -2.30. The second kappa shape index (κ2) is 17.5. The number of amides is 2. The summed E-state index contributed by atoms with van der Waals surface area (Å²) < 4.78 is 76.0. The van der Waals surface area contributed by atoms with Crippen molar-refractivity contribution in [1.29, 1.82) is 0 Å². The van der Waals surface area contributed by atoms with Crippen LogP contribution in [0.5, 0.6) is 0 Å². The molecule has 16 heteroatoms. The van der Waals surface area contributed by atoms with Crippen molar-refractivity contribution >= 4 is 49.8 Å². The van der Waals surface area contributed by atoms with Crippen LogP contribution in [0.4, 0.5) is 5.69 Å². The molecule has 1 aliphatic carbocycles. The van der Waals surface area contributed by atoms with Gasteiger partial charge in [0.15, 0.2) is 0 Å². The van der Waals surface area contributed by atoms with Gasteiger partial charge in [0.05, 0.1) is 16.7 Å². The van der Waals surface area contributed by atoms with Gasteiger partial charge >= 0.3 is 5.97 Å². The number of hydroxylamine groups is 2. The van der Waals surface area contributed by atoms with Crippen LogP contribution in [0, 0.1) is 0 Å². The minimum Gasteiger partial charge on any atom is -0.456 e. The zero-order valence-corrected chi connectivity index (χ0v) is 35.4. The summed E-state index contributed by atoms with van der Waals surface area (Å²) in [6.07, 6.45) is 9.19. The van der Waals surface area contributed by atoms with Gasteiger partial charge < -0.3 is 14.2 Å². The quantitative estimate of drug-likeness (QED) is 0.0784. The van der Waals surface area contributed by atoms with E-state index < -0.39 is 49.2 Å². The van der Waals surface area contributed by atoms with Crippen molar-refractivity contribution in [2.75, 3.05) is 30.3 Å². The first-order valence-electron chi connectivity index (χ1n) is 19.3. The number of hydrogen-bond donors (Lipinski definition) is 2. The molecule has 0 radical (unpaired) electrons. The third kappa shape index (κ3) is 10.2. The molecule has 58 heavy (non-hydrogen) atoms. The number of imide groups is 1. The highest BCUT2D eigenvalue weighted by Crippen LogP contribution is 2.51. The molecule has 1 aromatic carbocycles. The number of nitrogens with zero attached hydrogens (tertiary/aromatic N) is 3. The lowest BCUT2D eigenvalue weighted by molar-refractivity contribution is -0.197. The number of carbonyl (C=O) groups is 3. The van der Waals surface area contributed by atoms with E-state index >= 15 is 0 Å². The number of anilines is 1. The zero-order valence-electron chi connectivity index (χ0n) is 33.7. The van der Waals surface area contributed by atoms with Crippen molar-refractivity contribution in [3.63, 3.8) is 0 Å². The van der Waals surface area contributed by atoms with Crippen LogP contribution in [-0.2, 0) is 50.3 Å². The summed E-state index contributed by atoms with van der Waals surface area (Å²) in [6, 6.07) is 12.4. The van der Waals surface area contributed by atoms with Gasteiger partial charge in [0.1, 0.15) is 24.6 Å². The maximum absolute atomic E-state index is 12.7. The summed E-state index contributed by atoms with van der Waals surface area (Å²) in [5, 5.41) is 1.54. The van der Waals surface area contributed by atoms with Crippen LogP contribution in [0.15, 0.2) is 81.8 Å². The van der Waals surface area contributed by atoms with E-state index in [-0.39, 0.29) is 55.4 Å². The van der Waals surface area contributed by atoms with Crippen molar-refractivity contribution in [3.05, 3.63) is 94.7 Å². The minimum absolute atomic E-state index is 0.0230. The lowest BCUT2D eigenvalue weighted by atomic mass is 9.77. The molecule has 3 aliphatic heterocycles. The van der Waals surface area contributed by atoms with Gasteiger partial charge in [-0.3, -0.25) is 18.7 Å². The summed E-state index contributed by atoms with van der Waals surface area (Å²) in [5.74, 6) is -1.13. The highest BCUT2D eigenvalue weighted by molar-refractivity contribution is 7.86. The molecule has 1 fully saturated rings. The fourth-order valence-electron chi connectivity index (χ4n) is 7.54. The van der Waals surface area contributed by atoms with Gasteiger partial charge in [0.25, 0.3) is 32.1 Å². The van der Waals surface area contributed by atoms with E-state index in [9.17, 15) is 40.3 Å². The Balaban J connectivity index is 1.51. The molecule has 1 aromatic rings. The van der Waals surface area contributed by atoms with Crippen LogP contribution in [0.3, 0.4) is 0 Å². The van der Waals surface area contributed by atoms with Gasteiger partial charge in [-0.2, -0.15) is 16.8 Å². The van der Waals surface area contributed by atoms with E-state index in [2.05, 4.69) is 57.4 Å². The van der Waals surface area contributed by atoms with Crippen molar-refractivity contribution in [2.24, 2.45) is 0 Å². The topological polar surface area (TPSA) is 192 Å². The van der Waals surface area contributed by atoms with E-state index in [0.717, 1.165) is 35.3 Å². The molecule has 14 nitrogen and oxygen atoms in total. The fourth-order valence-corrected chi connectivity index (χ4v) is 8.54. The van der Waals surface area contributed by atoms with Crippen LogP contribution in [-0.4, -0.2) is 74.2 Å². The Morgan fingerprint density at radius 2 is 1.64 bits per heavy atom. The summed E-state index contributed by atoms with van der Waals surface area (Å²) in [7, 11) is -8.91. The Hall–Kier alpha value is -4.90. The summed E-state index contributed by atoms with van der Waals surface area (Å²) in [6.45, 7) is 14.3. The Morgan fingerprint density at radius 3 is 2.26 bits per heavy atom. The smallest absolute Gasteiger partial charge is 0.333 e. The molecule has 1 atom stereocenters. The van der Waals surface area contributed by atoms with Crippen molar-refractivity contribution in [2.45, 2.75) is 95.8 Å². The first kappa shape index (κ1) is 44.2.